The summed E-state index contributed by atoms with van der Waals surface area (Å²) in [5.74, 6) is -0.560. The lowest BCUT2D eigenvalue weighted by Gasteiger charge is -2.11. The number of aryl methyl sites for hydroxylation is 1. The predicted molar refractivity (Wildman–Crippen MR) is 58.4 cm³/mol. The van der Waals surface area contributed by atoms with Crippen molar-refractivity contribution < 1.29 is 14.6 Å². The predicted octanol–water partition coefficient (Wildman–Crippen LogP) is 1.76. The monoisotopic (exact) mass is 219 g/mol. The van der Waals surface area contributed by atoms with E-state index in [1.807, 2.05) is 6.92 Å². The molecule has 0 spiro atoms. The highest BCUT2D eigenvalue weighted by Gasteiger charge is 2.14. The molecular weight excluding hydrogens is 206 g/mol. The van der Waals surface area contributed by atoms with Crippen molar-refractivity contribution in [1.82, 2.24) is 0 Å². The van der Waals surface area contributed by atoms with Gasteiger partial charge in [0.2, 0.25) is 0 Å². The minimum Gasteiger partial charge on any atom is -0.495 e. The van der Waals surface area contributed by atoms with E-state index in [4.69, 9.17) is 15.1 Å². The van der Waals surface area contributed by atoms with Gasteiger partial charge < -0.3 is 9.84 Å². The van der Waals surface area contributed by atoms with Crippen LogP contribution in [-0.2, 0) is 17.6 Å². The van der Waals surface area contributed by atoms with E-state index >= 15 is 0 Å². The lowest BCUT2D eigenvalue weighted by atomic mass is 9.99. The maximum absolute atomic E-state index is 10.7. The summed E-state index contributed by atoms with van der Waals surface area (Å²) >= 11 is 0. The number of methoxy groups -OCH3 is 1. The van der Waals surface area contributed by atoms with Crippen molar-refractivity contribution in [2.45, 2.75) is 19.8 Å². The quantitative estimate of drug-likeness (QED) is 0.837. The molecule has 1 aromatic carbocycles. The topological polar surface area (TPSA) is 70.3 Å². The molecule has 0 fully saturated rings. The molecule has 0 amide bonds. The van der Waals surface area contributed by atoms with Gasteiger partial charge >= 0.3 is 5.97 Å². The Morgan fingerprint density at radius 3 is 2.56 bits per heavy atom. The molecule has 16 heavy (non-hydrogen) atoms. The highest BCUT2D eigenvalue weighted by Crippen LogP contribution is 2.27. The van der Waals surface area contributed by atoms with Crippen LogP contribution in [0.1, 0.15) is 23.6 Å². The van der Waals surface area contributed by atoms with Gasteiger partial charge in [-0.3, -0.25) is 4.79 Å². The van der Waals surface area contributed by atoms with Crippen LogP contribution < -0.4 is 4.74 Å². The molecule has 1 aromatic rings. The SMILES string of the molecule is CCc1ccc(CC(=O)O)c(OC)c1C#N. The highest BCUT2D eigenvalue weighted by molar-refractivity contribution is 5.72. The molecule has 84 valence electrons. The molecule has 4 nitrogen and oxygen atoms in total. The lowest BCUT2D eigenvalue weighted by molar-refractivity contribution is -0.136. The summed E-state index contributed by atoms with van der Waals surface area (Å²) in [5, 5.41) is 17.8. The van der Waals surface area contributed by atoms with Crippen molar-refractivity contribution in [3.8, 4) is 11.8 Å². The van der Waals surface area contributed by atoms with Gasteiger partial charge in [-0.15, -0.1) is 0 Å². The van der Waals surface area contributed by atoms with Gasteiger partial charge in [-0.25, -0.2) is 0 Å². The van der Waals surface area contributed by atoms with Crippen LogP contribution in [-0.4, -0.2) is 18.2 Å². The number of carbonyl (C=O) groups is 1. The first-order chi connectivity index (χ1) is 7.63. The summed E-state index contributed by atoms with van der Waals surface area (Å²) in [7, 11) is 1.45. The molecule has 0 heterocycles. The maximum atomic E-state index is 10.7. The van der Waals surface area contributed by atoms with E-state index in [-0.39, 0.29) is 6.42 Å². The minimum absolute atomic E-state index is 0.137. The standard InChI is InChI=1S/C12H13NO3/c1-3-8-4-5-9(6-11(14)15)12(16-2)10(8)7-13/h4-5H,3,6H2,1-2H3,(H,14,15). The summed E-state index contributed by atoms with van der Waals surface area (Å²) in [4.78, 5) is 10.7. The second-order valence-corrected chi connectivity index (χ2v) is 3.33. The number of nitrogens with zero attached hydrogens (tertiary/aromatic N) is 1. The molecule has 0 saturated heterocycles. The lowest BCUT2D eigenvalue weighted by Crippen LogP contribution is -2.05. The van der Waals surface area contributed by atoms with E-state index in [1.54, 1.807) is 12.1 Å². The van der Waals surface area contributed by atoms with Crippen LogP contribution in [0, 0.1) is 11.3 Å². The molecule has 0 aromatic heterocycles. The Hall–Kier alpha value is -2.02. The number of aliphatic carboxylic acids is 1. The zero-order chi connectivity index (χ0) is 12.1. The van der Waals surface area contributed by atoms with Crippen LogP contribution in [0.4, 0.5) is 0 Å². The van der Waals surface area contributed by atoms with Crippen LogP contribution in [0.5, 0.6) is 5.75 Å². The highest BCUT2D eigenvalue weighted by atomic mass is 16.5. The van der Waals surface area contributed by atoms with Crippen LogP contribution in [0.3, 0.4) is 0 Å². The Labute approximate surface area is 94.1 Å². The van der Waals surface area contributed by atoms with E-state index in [0.29, 0.717) is 23.3 Å². The normalized spacial score (nSPS) is 9.56. The largest absolute Gasteiger partial charge is 0.495 e. The van der Waals surface area contributed by atoms with E-state index in [0.717, 1.165) is 5.56 Å². The van der Waals surface area contributed by atoms with E-state index < -0.39 is 5.97 Å². The Bertz CT molecular complexity index is 446. The first-order valence-corrected chi connectivity index (χ1v) is 4.94. The molecule has 1 rings (SSSR count). The molecule has 0 aliphatic carbocycles. The minimum atomic E-state index is -0.938. The summed E-state index contributed by atoms with van der Waals surface area (Å²) in [5.41, 5.74) is 1.83. The molecule has 1 N–H and O–H groups in total. The number of rotatable bonds is 4. The van der Waals surface area contributed by atoms with Gasteiger partial charge in [0, 0.05) is 5.56 Å². The van der Waals surface area contributed by atoms with Crippen molar-refractivity contribution in [2.24, 2.45) is 0 Å². The molecule has 4 heteroatoms. The Morgan fingerprint density at radius 1 is 1.50 bits per heavy atom. The number of hydrogen-bond donors (Lipinski definition) is 1. The molecule has 0 saturated carbocycles. The van der Waals surface area contributed by atoms with Gasteiger partial charge in [0.1, 0.15) is 11.8 Å². The van der Waals surface area contributed by atoms with E-state index in [1.165, 1.54) is 7.11 Å². The van der Waals surface area contributed by atoms with Crippen molar-refractivity contribution in [3.05, 3.63) is 28.8 Å². The Morgan fingerprint density at radius 2 is 2.12 bits per heavy atom. The average Bonchev–Trinajstić information content (AvgIpc) is 2.27. The summed E-state index contributed by atoms with van der Waals surface area (Å²) in [6, 6.07) is 5.54. The summed E-state index contributed by atoms with van der Waals surface area (Å²) in [6.45, 7) is 1.94. The number of ether oxygens (including phenoxy) is 1. The van der Waals surface area contributed by atoms with Gasteiger partial charge in [-0.05, 0) is 12.0 Å². The number of carboxylic acids is 1. The third-order valence-electron chi connectivity index (χ3n) is 2.36. The average molecular weight is 219 g/mol. The molecule has 0 atom stereocenters. The molecule has 0 aliphatic rings. The zero-order valence-electron chi connectivity index (χ0n) is 9.28. The van der Waals surface area contributed by atoms with Gasteiger partial charge in [0.05, 0.1) is 19.1 Å². The van der Waals surface area contributed by atoms with Gasteiger partial charge in [0.15, 0.2) is 0 Å². The Balaban J connectivity index is 3.32. The van der Waals surface area contributed by atoms with E-state index in [9.17, 15) is 4.79 Å². The number of carboxylic acid groups (broad SMARTS) is 1. The maximum Gasteiger partial charge on any atom is 0.307 e. The molecule has 0 radical (unpaired) electrons. The number of nitriles is 1. The third kappa shape index (κ3) is 2.31. The van der Waals surface area contributed by atoms with E-state index in [2.05, 4.69) is 6.07 Å². The van der Waals surface area contributed by atoms with Crippen molar-refractivity contribution in [1.29, 1.82) is 5.26 Å². The third-order valence-corrected chi connectivity index (χ3v) is 2.36. The van der Waals surface area contributed by atoms with Crippen molar-refractivity contribution in [3.63, 3.8) is 0 Å². The molecule has 0 unspecified atom stereocenters. The summed E-state index contributed by atoms with van der Waals surface area (Å²) < 4.78 is 5.12. The van der Waals surface area contributed by atoms with Gasteiger partial charge in [-0.2, -0.15) is 5.26 Å². The van der Waals surface area contributed by atoms with Crippen molar-refractivity contribution in [2.75, 3.05) is 7.11 Å². The smallest absolute Gasteiger partial charge is 0.307 e. The van der Waals surface area contributed by atoms with Crippen molar-refractivity contribution >= 4 is 5.97 Å². The second kappa shape index (κ2) is 5.17. The van der Waals surface area contributed by atoms with Crippen LogP contribution in [0.2, 0.25) is 0 Å². The fourth-order valence-corrected chi connectivity index (χ4v) is 1.62. The summed E-state index contributed by atoms with van der Waals surface area (Å²) in [6.07, 6.45) is 0.578. The zero-order valence-corrected chi connectivity index (χ0v) is 9.28. The van der Waals surface area contributed by atoms with Crippen LogP contribution in [0.15, 0.2) is 12.1 Å². The molecule has 0 aliphatic heterocycles. The second-order valence-electron chi connectivity index (χ2n) is 3.33. The van der Waals surface area contributed by atoms with Crippen LogP contribution >= 0.6 is 0 Å². The van der Waals surface area contributed by atoms with Crippen LogP contribution in [0.25, 0.3) is 0 Å². The first-order valence-electron chi connectivity index (χ1n) is 4.94. The van der Waals surface area contributed by atoms with Gasteiger partial charge in [-0.1, -0.05) is 19.1 Å². The first kappa shape index (κ1) is 12.1. The van der Waals surface area contributed by atoms with Gasteiger partial charge in [0.25, 0.3) is 0 Å². The Kier molecular flexibility index (Phi) is 3.90. The molecule has 0 bridgehead atoms. The number of benzene rings is 1. The fourth-order valence-electron chi connectivity index (χ4n) is 1.62. The molecular formula is C12H13NO3. The number of hydrogen-bond acceptors (Lipinski definition) is 3. The fraction of sp³-hybridized carbons (Fsp3) is 0.333.